The second-order valence-electron chi connectivity index (χ2n) is 11.3. The third kappa shape index (κ3) is 14.6. The molecule has 1 saturated carbocycles. The van der Waals surface area contributed by atoms with Gasteiger partial charge in [-0.15, -0.1) is 30.6 Å². The number of thiazole rings is 1. The third-order valence-corrected chi connectivity index (χ3v) is 11.8. The van der Waals surface area contributed by atoms with Crippen molar-refractivity contribution in [2.24, 2.45) is 11.8 Å². The number of nitrogens with zero attached hydrogens (tertiary/aromatic N) is 1. The number of aldehydes is 1. The lowest BCUT2D eigenvalue weighted by atomic mass is 9.91. The zero-order valence-electron chi connectivity index (χ0n) is 28.3. The Morgan fingerprint density at radius 1 is 1.05 bits per heavy atom. The number of ether oxygens (including phenoxy) is 1. The molecule has 0 radical (unpaired) electrons. The topological polar surface area (TPSA) is 76.5 Å². The quantitative estimate of drug-likeness (QED) is 0.155. The van der Waals surface area contributed by atoms with Gasteiger partial charge in [0.1, 0.15) is 5.69 Å². The molecule has 0 spiro atoms. The Morgan fingerprint density at radius 2 is 1.66 bits per heavy atom. The van der Waals surface area contributed by atoms with Crippen molar-refractivity contribution >= 4 is 42.7 Å². The first-order valence-electron chi connectivity index (χ1n) is 16.1. The Morgan fingerprint density at radius 3 is 2.11 bits per heavy atom. The van der Waals surface area contributed by atoms with Crippen LogP contribution in [0.5, 0.6) is 0 Å². The molecule has 1 N–H and O–H groups in total. The maximum atomic E-state index is 12.0. The average molecular weight is 662 g/mol. The number of aryl methyl sites for hydroxylation is 1. The van der Waals surface area contributed by atoms with E-state index in [-0.39, 0.29) is 5.78 Å². The summed E-state index contributed by atoms with van der Waals surface area (Å²) in [6.45, 7) is 17.4. The largest absolute Gasteiger partial charge is 0.400 e. The third-order valence-electron chi connectivity index (χ3n) is 8.02. The molecule has 0 bridgehead atoms. The molecule has 5 rings (SSSR count). The number of ketones is 1. The van der Waals surface area contributed by atoms with Crippen molar-refractivity contribution in [3.8, 4) is 10.4 Å². The van der Waals surface area contributed by atoms with E-state index in [1.54, 1.807) is 10.9 Å². The van der Waals surface area contributed by atoms with Crippen molar-refractivity contribution in [1.29, 1.82) is 0 Å². The van der Waals surface area contributed by atoms with Crippen molar-refractivity contribution in [2.75, 3.05) is 33.7 Å². The molecule has 8 heteroatoms. The van der Waals surface area contributed by atoms with Crippen LogP contribution in [0.15, 0.2) is 41.2 Å². The molecule has 1 aromatic carbocycles. The monoisotopic (exact) mass is 661 g/mol. The van der Waals surface area contributed by atoms with Crippen LogP contribution < -0.4 is 0 Å². The van der Waals surface area contributed by atoms with Gasteiger partial charge in [0.25, 0.3) is 0 Å². The van der Waals surface area contributed by atoms with Gasteiger partial charge in [0, 0.05) is 37.0 Å². The summed E-state index contributed by atoms with van der Waals surface area (Å²) >= 11 is 2.91. The number of aliphatic hydroxyl groups is 1. The molecule has 2 aromatic heterocycles. The fraction of sp³-hybridized carbons (Fsp3) is 0.583. The minimum Gasteiger partial charge on any atom is -0.400 e. The molecule has 0 unspecified atom stereocenters. The molecule has 3 aromatic rings. The Balaban J connectivity index is 0.000000364. The molecule has 0 atom stereocenters. The van der Waals surface area contributed by atoms with Crippen LogP contribution in [0, 0.1) is 18.8 Å². The summed E-state index contributed by atoms with van der Waals surface area (Å²) in [5, 5.41) is 8.77. The summed E-state index contributed by atoms with van der Waals surface area (Å²) in [6, 6.07) is 9.90. The molecule has 2 fully saturated rings. The maximum Gasteiger partial charge on any atom is 0.186 e. The van der Waals surface area contributed by atoms with Gasteiger partial charge in [0.05, 0.1) is 10.4 Å². The van der Waals surface area contributed by atoms with Gasteiger partial charge in [-0.2, -0.15) is 0 Å². The van der Waals surface area contributed by atoms with Crippen molar-refractivity contribution in [2.45, 2.75) is 91.6 Å². The number of carbonyl (C=O) groups excluding carboxylic acids is 2. The maximum absolute atomic E-state index is 12.0. The minimum atomic E-state index is 0.0317. The number of aliphatic hydroxyl groups excluding tert-OH is 1. The smallest absolute Gasteiger partial charge is 0.186 e. The summed E-state index contributed by atoms with van der Waals surface area (Å²) in [7, 11) is 1.36. The molecule has 1 aliphatic carbocycles. The first-order valence-corrected chi connectivity index (χ1v) is 20.1. The first kappa shape index (κ1) is 40.3. The van der Waals surface area contributed by atoms with Crippen LogP contribution >= 0.6 is 30.6 Å². The average Bonchev–Trinajstić information content (AvgIpc) is 3.75. The highest BCUT2D eigenvalue weighted by Crippen LogP contribution is 2.42. The lowest BCUT2D eigenvalue weighted by molar-refractivity contribution is 0.0653. The molecule has 1 aliphatic heterocycles. The second kappa shape index (κ2) is 23.6. The van der Waals surface area contributed by atoms with Gasteiger partial charge in [0.15, 0.2) is 12.1 Å². The van der Waals surface area contributed by atoms with Crippen LogP contribution in [0.4, 0.5) is 0 Å². The molecule has 5 nitrogen and oxygen atoms in total. The summed E-state index contributed by atoms with van der Waals surface area (Å²) in [6.07, 6.45) is 11.2. The molecule has 246 valence electrons. The van der Waals surface area contributed by atoms with E-state index in [1.165, 1.54) is 67.6 Å². The van der Waals surface area contributed by atoms with Crippen molar-refractivity contribution in [3.63, 3.8) is 0 Å². The van der Waals surface area contributed by atoms with Crippen LogP contribution in [-0.4, -0.2) is 61.5 Å². The van der Waals surface area contributed by atoms with E-state index < -0.39 is 0 Å². The fourth-order valence-corrected chi connectivity index (χ4v) is 7.96. The van der Waals surface area contributed by atoms with Crippen molar-refractivity contribution in [1.82, 2.24) is 4.98 Å². The zero-order valence-corrected chi connectivity index (χ0v) is 30.8. The number of aromatic nitrogens is 1. The van der Waals surface area contributed by atoms with Gasteiger partial charge in [-0.1, -0.05) is 71.2 Å². The van der Waals surface area contributed by atoms with E-state index in [0.29, 0.717) is 20.0 Å². The highest BCUT2D eigenvalue weighted by molar-refractivity contribution is 7.56. The van der Waals surface area contributed by atoms with Gasteiger partial charge in [-0.25, -0.2) is 4.98 Å². The van der Waals surface area contributed by atoms with Crippen LogP contribution in [0.1, 0.15) is 104 Å². The molecular weight excluding hydrogens is 606 g/mol. The van der Waals surface area contributed by atoms with Gasteiger partial charge < -0.3 is 9.84 Å². The lowest BCUT2D eigenvalue weighted by Crippen LogP contribution is -2.14. The van der Waals surface area contributed by atoms with E-state index in [1.807, 2.05) is 51.1 Å². The van der Waals surface area contributed by atoms with Crippen LogP contribution in [0.25, 0.3) is 10.4 Å². The van der Waals surface area contributed by atoms with Crippen LogP contribution in [0.2, 0.25) is 0 Å². The van der Waals surface area contributed by atoms with E-state index in [2.05, 4.69) is 32.2 Å². The lowest BCUT2D eigenvalue weighted by Gasteiger charge is -2.28. The number of thiophene rings is 1. The Bertz CT molecular complexity index is 1150. The van der Waals surface area contributed by atoms with Gasteiger partial charge in [-0.05, 0) is 86.2 Å². The summed E-state index contributed by atoms with van der Waals surface area (Å²) in [5.74, 6) is 2.01. The minimum absolute atomic E-state index is 0.0317. The van der Waals surface area contributed by atoms with Gasteiger partial charge in [0.2, 0.25) is 0 Å². The normalized spacial score (nSPS) is 17.8. The van der Waals surface area contributed by atoms with Crippen molar-refractivity contribution in [3.05, 3.63) is 62.9 Å². The van der Waals surface area contributed by atoms with E-state index in [0.717, 1.165) is 70.5 Å². The first-order chi connectivity index (χ1) is 21.3. The highest BCUT2D eigenvalue weighted by atomic mass is 32.1. The predicted octanol–water partition coefficient (Wildman–Crippen LogP) is 10.2. The Labute approximate surface area is 276 Å². The second-order valence-corrected chi connectivity index (χ2v) is 15.7. The number of carbonyl (C=O) groups is 2. The number of Topliss-reactive ketones (excluding diaryl/α,β-unsaturated/α-hetero) is 1. The fourth-order valence-electron chi connectivity index (χ4n) is 5.08. The Hall–Kier alpha value is -1.76. The molecule has 2 aliphatic rings. The number of benzene rings is 1. The number of rotatable bonds is 7. The molecular formula is C36H56NO4PS2. The SMILES string of the molecule is CC.CC1CCC(P(C)C)CC1.CCC1CCOCC1.CO.Cc1cc(-c2ccc(CC(=O)c3cscn3)cc2)sc1C=O. The standard InChI is InChI=1S/C17H13NO2S2.C9H19P.C7H14O.C2H6.CH4O/c1-11-6-16(22-17(11)8-19)13-4-2-12(3-5-13)7-15(20)14-9-21-10-18-14;1-8-4-6-9(7-5-8)10(2)3;1-2-7-3-5-8-6-4-7;2*1-2/h2-6,8-10H,7H2,1H3;8-9H,4-7H2,1-3H3;7H,2-6H2,1H3;1-2H3;2H,1H3. The summed E-state index contributed by atoms with van der Waals surface area (Å²) < 4.78 is 5.20. The van der Waals surface area contributed by atoms with Crippen molar-refractivity contribution < 1.29 is 19.4 Å². The molecule has 44 heavy (non-hydrogen) atoms. The summed E-state index contributed by atoms with van der Waals surface area (Å²) in [4.78, 5) is 28.8. The van der Waals surface area contributed by atoms with Crippen LogP contribution in [0.3, 0.4) is 0 Å². The Kier molecular flexibility index (Phi) is 21.6. The van der Waals surface area contributed by atoms with Gasteiger partial charge >= 0.3 is 0 Å². The van der Waals surface area contributed by atoms with Crippen LogP contribution in [-0.2, 0) is 11.2 Å². The predicted molar refractivity (Wildman–Crippen MR) is 194 cm³/mol. The van der Waals surface area contributed by atoms with Gasteiger partial charge in [-0.3, -0.25) is 9.59 Å². The molecule has 3 heterocycles. The van der Waals surface area contributed by atoms with E-state index >= 15 is 0 Å². The van der Waals surface area contributed by atoms with E-state index in [9.17, 15) is 9.59 Å². The number of hydrogen-bond acceptors (Lipinski definition) is 7. The summed E-state index contributed by atoms with van der Waals surface area (Å²) in [5.41, 5.74) is 6.32. The highest BCUT2D eigenvalue weighted by Gasteiger charge is 2.20. The molecule has 0 amide bonds. The zero-order chi connectivity index (χ0) is 32.9. The van der Waals surface area contributed by atoms with E-state index in [4.69, 9.17) is 9.84 Å². The molecule has 1 saturated heterocycles. The number of hydrogen-bond donors (Lipinski definition) is 1.